The molecule has 2 rings (SSSR count). The van der Waals surface area contributed by atoms with Crippen molar-refractivity contribution in [3.05, 3.63) is 35.4 Å². The van der Waals surface area contributed by atoms with Crippen LogP contribution in [-0.4, -0.2) is 53.7 Å². The van der Waals surface area contributed by atoms with E-state index in [2.05, 4.69) is 15.9 Å². The van der Waals surface area contributed by atoms with Crippen LogP contribution in [0.5, 0.6) is 5.75 Å². The standard InChI is InChI=1S/C15H15BrN2O4/c1-17-13(19)11(14(20)18(2)15(17)21)9-10-5-3-4-6-12(10)22-8-7-16/h3-6,9H,7-8H2,1-2H3. The Morgan fingerprint density at radius 3 is 2.27 bits per heavy atom. The second kappa shape index (κ2) is 6.74. The number of carbonyl (C=O) groups excluding carboxylic acids is 3. The maximum atomic E-state index is 12.2. The van der Waals surface area contributed by atoms with Crippen LogP contribution in [0, 0.1) is 0 Å². The molecule has 7 heteroatoms. The molecule has 0 aromatic heterocycles. The molecule has 6 nitrogen and oxygen atoms in total. The number of para-hydroxylation sites is 1. The van der Waals surface area contributed by atoms with Crippen LogP contribution in [0.25, 0.3) is 6.08 Å². The molecule has 1 aliphatic rings. The van der Waals surface area contributed by atoms with Crippen LogP contribution < -0.4 is 4.74 Å². The van der Waals surface area contributed by atoms with Crippen molar-refractivity contribution in [2.24, 2.45) is 0 Å². The van der Waals surface area contributed by atoms with E-state index in [-0.39, 0.29) is 5.57 Å². The van der Waals surface area contributed by atoms with Gasteiger partial charge >= 0.3 is 6.03 Å². The molecule has 1 fully saturated rings. The Balaban J connectivity index is 2.41. The Hall–Kier alpha value is -2.15. The van der Waals surface area contributed by atoms with Gasteiger partial charge < -0.3 is 4.74 Å². The smallest absolute Gasteiger partial charge is 0.333 e. The van der Waals surface area contributed by atoms with E-state index < -0.39 is 17.8 Å². The Labute approximate surface area is 136 Å². The summed E-state index contributed by atoms with van der Waals surface area (Å²) in [6.07, 6.45) is 1.45. The summed E-state index contributed by atoms with van der Waals surface area (Å²) in [6, 6.07) is 6.44. The Kier molecular flexibility index (Phi) is 4.97. The summed E-state index contributed by atoms with van der Waals surface area (Å²) < 4.78 is 5.56. The number of amides is 4. The fourth-order valence-electron chi connectivity index (χ4n) is 2.01. The van der Waals surface area contributed by atoms with Gasteiger partial charge in [-0.1, -0.05) is 34.1 Å². The second-order valence-corrected chi connectivity index (χ2v) is 5.44. The lowest BCUT2D eigenvalue weighted by atomic mass is 10.1. The summed E-state index contributed by atoms with van der Waals surface area (Å²) in [4.78, 5) is 37.9. The van der Waals surface area contributed by atoms with Crippen molar-refractivity contribution >= 4 is 39.9 Å². The minimum absolute atomic E-state index is 0.0699. The van der Waals surface area contributed by atoms with Crippen LogP contribution in [0.4, 0.5) is 4.79 Å². The first-order valence-electron chi connectivity index (χ1n) is 6.57. The minimum atomic E-state index is -0.643. The molecule has 1 aromatic rings. The molecule has 1 aliphatic heterocycles. The van der Waals surface area contributed by atoms with Gasteiger partial charge in [0.1, 0.15) is 11.3 Å². The van der Waals surface area contributed by atoms with Gasteiger partial charge in [0.25, 0.3) is 11.8 Å². The van der Waals surface area contributed by atoms with E-state index in [1.165, 1.54) is 20.2 Å². The lowest BCUT2D eigenvalue weighted by molar-refractivity contribution is -0.134. The molecule has 0 atom stereocenters. The highest BCUT2D eigenvalue weighted by Crippen LogP contribution is 2.24. The molecular weight excluding hydrogens is 352 g/mol. The molecule has 1 saturated heterocycles. The molecule has 0 radical (unpaired) electrons. The third-order valence-corrected chi connectivity index (χ3v) is 3.52. The van der Waals surface area contributed by atoms with Crippen molar-refractivity contribution in [2.45, 2.75) is 0 Å². The molecule has 0 bridgehead atoms. The molecule has 1 aromatic carbocycles. The summed E-state index contributed by atoms with van der Waals surface area (Å²) in [6.45, 7) is 0.459. The lowest BCUT2D eigenvalue weighted by Gasteiger charge is -2.28. The summed E-state index contributed by atoms with van der Waals surface area (Å²) in [5.41, 5.74) is 0.538. The predicted octanol–water partition coefficient (Wildman–Crippen LogP) is 1.89. The molecule has 0 unspecified atom stereocenters. The zero-order chi connectivity index (χ0) is 16.3. The Morgan fingerprint density at radius 2 is 1.68 bits per heavy atom. The van der Waals surface area contributed by atoms with Crippen molar-refractivity contribution in [1.82, 2.24) is 9.80 Å². The van der Waals surface area contributed by atoms with Gasteiger partial charge in [-0.25, -0.2) is 4.79 Å². The summed E-state index contributed by atoms with van der Waals surface area (Å²) in [5, 5.41) is 0.662. The van der Waals surface area contributed by atoms with E-state index in [0.29, 0.717) is 23.2 Å². The fraction of sp³-hybridized carbons (Fsp3) is 0.267. The molecule has 1 heterocycles. The van der Waals surface area contributed by atoms with Crippen LogP contribution in [-0.2, 0) is 9.59 Å². The number of likely N-dealkylation sites (N-methyl/N-ethyl adjacent to an activating group) is 2. The first kappa shape index (κ1) is 16.2. The minimum Gasteiger partial charge on any atom is -0.492 e. The Morgan fingerprint density at radius 1 is 1.09 bits per heavy atom. The molecule has 22 heavy (non-hydrogen) atoms. The normalized spacial score (nSPS) is 15.4. The van der Waals surface area contributed by atoms with Crippen LogP contribution in [0.15, 0.2) is 29.8 Å². The molecule has 0 N–H and O–H groups in total. The van der Waals surface area contributed by atoms with Gasteiger partial charge in [-0.15, -0.1) is 0 Å². The monoisotopic (exact) mass is 366 g/mol. The molecule has 4 amide bonds. The molecular formula is C15H15BrN2O4. The highest BCUT2D eigenvalue weighted by atomic mass is 79.9. The Bertz CT molecular complexity index is 631. The van der Waals surface area contributed by atoms with Crippen molar-refractivity contribution in [3.8, 4) is 5.75 Å². The van der Waals surface area contributed by atoms with Crippen molar-refractivity contribution in [3.63, 3.8) is 0 Å². The summed E-state index contributed by atoms with van der Waals surface area (Å²) in [7, 11) is 2.68. The zero-order valence-electron chi connectivity index (χ0n) is 12.2. The number of nitrogens with zero attached hydrogens (tertiary/aromatic N) is 2. The topological polar surface area (TPSA) is 66.9 Å². The van der Waals surface area contributed by atoms with E-state index in [0.717, 1.165) is 9.80 Å². The van der Waals surface area contributed by atoms with Gasteiger partial charge in [0, 0.05) is 25.0 Å². The maximum absolute atomic E-state index is 12.2. The average Bonchev–Trinajstić information content (AvgIpc) is 2.54. The molecule has 0 saturated carbocycles. The number of alkyl halides is 1. The average molecular weight is 367 g/mol. The molecule has 0 aliphatic carbocycles. The number of ether oxygens (including phenoxy) is 1. The number of benzene rings is 1. The number of rotatable bonds is 4. The first-order valence-corrected chi connectivity index (χ1v) is 7.69. The van der Waals surface area contributed by atoms with Crippen LogP contribution in [0.3, 0.4) is 0 Å². The van der Waals surface area contributed by atoms with Gasteiger partial charge in [-0.05, 0) is 12.1 Å². The molecule has 116 valence electrons. The number of halogens is 1. The number of hydrogen-bond donors (Lipinski definition) is 0. The third-order valence-electron chi connectivity index (χ3n) is 3.20. The molecule has 0 spiro atoms. The highest BCUT2D eigenvalue weighted by molar-refractivity contribution is 9.09. The van der Waals surface area contributed by atoms with E-state index >= 15 is 0 Å². The van der Waals surface area contributed by atoms with Gasteiger partial charge in [0.2, 0.25) is 0 Å². The van der Waals surface area contributed by atoms with Crippen LogP contribution in [0.1, 0.15) is 5.56 Å². The number of urea groups is 1. The van der Waals surface area contributed by atoms with E-state index in [9.17, 15) is 14.4 Å². The maximum Gasteiger partial charge on any atom is 0.333 e. The SMILES string of the molecule is CN1C(=O)C(=Cc2ccccc2OCCBr)C(=O)N(C)C1=O. The highest BCUT2D eigenvalue weighted by Gasteiger charge is 2.37. The summed E-state index contributed by atoms with van der Waals surface area (Å²) in [5.74, 6) is -0.677. The number of carbonyl (C=O) groups is 3. The van der Waals surface area contributed by atoms with Gasteiger partial charge in [-0.3, -0.25) is 19.4 Å². The van der Waals surface area contributed by atoms with E-state index in [1.807, 2.05) is 0 Å². The van der Waals surface area contributed by atoms with Gasteiger partial charge in [0.05, 0.1) is 6.61 Å². The number of hydrogen-bond acceptors (Lipinski definition) is 4. The quantitative estimate of drug-likeness (QED) is 0.463. The lowest BCUT2D eigenvalue weighted by Crippen LogP contribution is -2.52. The fourth-order valence-corrected chi connectivity index (χ4v) is 2.17. The van der Waals surface area contributed by atoms with Crippen LogP contribution >= 0.6 is 15.9 Å². The van der Waals surface area contributed by atoms with Crippen molar-refractivity contribution < 1.29 is 19.1 Å². The largest absolute Gasteiger partial charge is 0.492 e. The number of imide groups is 2. The summed E-state index contributed by atoms with van der Waals surface area (Å²) >= 11 is 3.27. The predicted molar refractivity (Wildman–Crippen MR) is 84.6 cm³/mol. The number of barbiturate groups is 1. The second-order valence-electron chi connectivity index (χ2n) is 4.64. The first-order chi connectivity index (χ1) is 10.5. The van der Waals surface area contributed by atoms with Gasteiger partial charge in [0.15, 0.2) is 0 Å². The zero-order valence-corrected chi connectivity index (χ0v) is 13.8. The van der Waals surface area contributed by atoms with E-state index in [4.69, 9.17) is 4.74 Å². The van der Waals surface area contributed by atoms with E-state index in [1.54, 1.807) is 24.3 Å². The van der Waals surface area contributed by atoms with Crippen molar-refractivity contribution in [1.29, 1.82) is 0 Å². The van der Waals surface area contributed by atoms with Crippen LogP contribution in [0.2, 0.25) is 0 Å². The third kappa shape index (κ3) is 3.04. The van der Waals surface area contributed by atoms with Crippen molar-refractivity contribution in [2.75, 3.05) is 26.0 Å². The van der Waals surface area contributed by atoms with Gasteiger partial charge in [-0.2, -0.15) is 0 Å².